The van der Waals surface area contributed by atoms with Crippen LogP contribution in [0.2, 0.25) is 0 Å². The molecule has 0 bridgehead atoms. The lowest BCUT2D eigenvalue weighted by Gasteiger charge is -2.37. The summed E-state index contributed by atoms with van der Waals surface area (Å²) in [6.07, 6.45) is 1.02. The molecule has 1 N–H and O–H groups in total. The number of amides is 1. The van der Waals surface area contributed by atoms with Crippen LogP contribution in [0.3, 0.4) is 0 Å². The second-order valence-electron chi connectivity index (χ2n) is 2.35. The lowest BCUT2D eigenvalue weighted by molar-refractivity contribution is -0.129. The first-order valence-corrected chi connectivity index (χ1v) is 4.83. The van der Waals surface area contributed by atoms with Gasteiger partial charge in [-0.2, -0.15) is 0 Å². The summed E-state index contributed by atoms with van der Waals surface area (Å²) in [6, 6.07) is 0.155. The number of nitrogens with zero attached hydrogens (tertiary/aromatic N) is 1. The second-order valence-corrected chi connectivity index (χ2v) is 3.03. The van der Waals surface area contributed by atoms with E-state index in [1.165, 1.54) is 0 Å². The third kappa shape index (κ3) is 1.42. The summed E-state index contributed by atoms with van der Waals surface area (Å²) in [5.41, 5.74) is 0. The Labute approximate surface area is 74.3 Å². The van der Waals surface area contributed by atoms with Gasteiger partial charge in [-0.1, -0.05) is 22.6 Å². The molecule has 0 radical (unpaired) electrons. The van der Waals surface area contributed by atoms with Gasteiger partial charge in [0, 0.05) is 13.6 Å². The number of hydrogen-bond donors (Lipinski definition) is 1. The molecule has 1 rings (SSSR count). The first kappa shape index (κ1) is 8.26. The van der Waals surface area contributed by atoms with Gasteiger partial charge in [0.25, 0.3) is 0 Å². The van der Waals surface area contributed by atoms with E-state index in [9.17, 15) is 4.79 Å². The SMILES string of the molecule is CNC(=O)C1CCN1CI. The minimum atomic E-state index is 0.155. The van der Waals surface area contributed by atoms with E-state index >= 15 is 0 Å². The molecule has 0 saturated carbocycles. The molecule has 1 amide bonds. The molecule has 1 fully saturated rings. The van der Waals surface area contributed by atoms with Crippen molar-refractivity contribution in [2.45, 2.75) is 12.5 Å². The van der Waals surface area contributed by atoms with Crippen molar-refractivity contribution in [3.8, 4) is 0 Å². The fourth-order valence-corrected chi connectivity index (χ4v) is 1.86. The Morgan fingerprint density at radius 3 is 2.90 bits per heavy atom. The molecule has 1 aliphatic heterocycles. The van der Waals surface area contributed by atoms with Gasteiger partial charge in [-0.25, -0.2) is 0 Å². The summed E-state index contributed by atoms with van der Waals surface area (Å²) >= 11 is 2.28. The maximum atomic E-state index is 11.0. The molecule has 0 aromatic heterocycles. The highest BCUT2D eigenvalue weighted by Gasteiger charge is 2.32. The minimum Gasteiger partial charge on any atom is -0.358 e. The standard InChI is InChI=1S/C6H11IN2O/c1-8-6(10)5-2-3-9(5)4-7/h5H,2-4H2,1H3,(H,8,10). The number of likely N-dealkylation sites (tertiary alicyclic amines) is 1. The highest BCUT2D eigenvalue weighted by molar-refractivity contribution is 14.1. The van der Waals surface area contributed by atoms with Crippen LogP contribution in [-0.2, 0) is 4.79 Å². The molecule has 10 heavy (non-hydrogen) atoms. The van der Waals surface area contributed by atoms with E-state index in [-0.39, 0.29) is 11.9 Å². The number of nitrogens with one attached hydrogen (secondary N) is 1. The number of carbonyl (C=O) groups excluding carboxylic acids is 1. The predicted molar refractivity (Wildman–Crippen MR) is 48.1 cm³/mol. The molecule has 1 aliphatic rings. The zero-order valence-electron chi connectivity index (χ0n) is 5.93. The van der Waals surface area contributed by atoms with Crippen molar-refractivity contribution in [2.24, 2.45) is 0 Å². The van der Waals surface area contributed by atoms with Crippen molar-refractivity contribution in [3.05, 3.63) is 0 Å². The average Bonchev–Trinajstić information content (AvgIpc) is 1.86. The van der Waals surface area contributed by atoms with E-state index in [0.717, 1.165) is 17.5 Å². The molecular formula is C6H11IN2O. The average molecular weight is 254 g/mol. The Bertz CT molecular complexity index is 138. The molecule has 4 heteroatoms. The van der Waals surface area contributed by atoms with Crippen LogP contribution in [-0.4, -0.2) is 35.0 Å². The highest BCUT2D eigenvalue weighted by atomic mass is 127. The zero-order chi connectivity index (χ0) is 7.56. The Kier molecular flexibility index (Phi) is 2.91. The third-order valence-corrected chi connectivity index (χ3v) is 2.71. The van der Waals surface area contributed by atoms with Gasteiger partial charge in [-0.3, -0.25) is 9.69 Å². The van der Waals surface area contributed by atoms with Crippen LogP contribution >= 0.6 is 22.6 Å². The molecule has 1 saturated heterocycles. The predicted octanol–water partition coefficient (Wildman–Crippen LogP) is 0.199. The zero-order valence-corrected chi connectivity index (χ0v) is 8.09. The van der Waals surface area contributed by atoms with Gasteiger partial charge >= 0.3 is 0 Å². The summed E-state index contributed by atoms with van der Waals surface area (Å²) < 4.78 is 0.954. The number of carbonyl (C=O) groups is 1. The van der Waals surface area contributed by atoms with Crippen molar-refractivity contribution in [1.82, 2.24) is 10.2 Å². The summed E-state index contributed by atoms with van der Waals surface area (Å²) in [7, 11) is 1.69. The van der Waals surface area contributed by atoms with Crippen molar-refractivity contribution < 1.29 is 4.79 Å². The maximum absolute atomic E-state index is 11.0. The normalized spacial score (nSPS) is 25.6. The molecule has 1 atom stereocenters. The number of rotatable bonds is 2. The quantitative estimate of drug-likeness (QED) is 0.433. The summed E-state index contributed by atoms with van der Waals surface area (Å²) in [5, 5.41) is 2.65. The topological polar surface area (TPSA) is 32.3 Å². The lowest BCUT2D eigenvalue weighted by Crippen LogP contribution is -2.54. The van der Waals surface area contributed by atoms with E-state index < -0.39 is 0 Å². The molecular weight excluding hydrogens is 243 g/mol. The van der Waals surface area contributed by atoms with Gasteiger partial charge in [0.1, 0.15) is 0 Å². The Morgan fingerprint density at radius 2 is 2.60 bits per heavy atom. The van der Waals surface area contributed by atoms with E-state index in [1.54, 1.807) is 7.05 Å². The van der Waals surface area contributed by atoms with Crippen LogP contribution in [0.25, 0.3) is 0 Å². The van der Waals surface area contributed by atoms with Crippen LogP contribution in [0.5, 0.6) is 0 Å². The third-order valence-electron chi connectivity index (χ3n) is 1.83. The van der Waals surface area contributed by atoms with E-state index in [0.29, 0.717) is 0 Å². The number of hydrogen-bond acceptors (Lipinski definition) is 2. The number of alkyl halides is 1. The van der Waals surface area contributed by atoms with Crippen molar-refractivity contribution in [2.75, 3.05) is 18.1 Å². The Morgan fingerprint density at radius 1 is 1.90 bits per heavy atom. The van der Waals surface area contributed by atoms with Gasteiger partial charge in [0.15, 0.2) is 0 Å². The molecule has 3 nitrogen and oxygen atoms in total. The van der Waals surface area contributed by atoms with Crippen LogP contribution in [0.4, 0.5) is 0 Å². The lowest BCUT2D eigenvalue weighted by atomic mass is 10.0. The van der Waals surface area contributed by atoms with Gasteiger partial charge in [0.2, 0.25) is 5.91 Å². The first-order valence-electron chi connectivity index (χ1n) is 3.31. The number of likely N-dealkylation sites (N-methyl/N-ethyl adjacent to an activating group) is 1. The largest absolute Gasteiger partial charge is 0.358 e. The fourth-order valence-electron chi connectivity index (χ4n) is 1.05. The number of halogens is 1. The first-order chi connectivity index (χ1) is 4.79. The molecule has 58 valence electrons. The van der Waals surface area contributed by atoms with Crippen molar-refractivity contribution >= 4 is 28.5 Å². The molecule has 0 spiro atoms. The minimum absolute atomic E-state index is 0.155. The van der Waals surface area contributed by atoms with Crippen molar-refractivity contribution in [1.29, 1.82) is 0 Å². The molecule has 0 aromatic carbocycles. The van der Waals surface area contributed by atoms with Crippen LogP contribution in [0, 0.1) is 0 Å². The summed E-state index contributed by atoms with van der Waals surface area (Å²) in [5.74, 6) is 0.155. The van der Waals surface area contributed by atoms with E-state index in [1.807, 2.05) is 0 Å². The second kappa shape index (κ2) is 3.52. The summed E-state index contributed by atoms with van der Waals surface area (Å²) in [6.45, 7) is 1.07. The van der Waals surface area contributed by atoms with E-state index in [4.69, 9.17) is 0 Å². The van der Waals surface area contributed by atoms with Gasteiger partial charge in [-0.05, 0) is 6.42 Å². The molecule has 1 unspecified atom stereocenters. The monoisotopic (exact) mass is 254 g/mol. The molecule has 0 aliphatic carbocycles. The maximum Gasteiger partial charge on any atom is 0.237 e. The van der Waals surface area contributed by atoms with Crippen LogP contribution in [0.1, 0.15) is 6.42 Å². The smallest absolute Gasteiger partial charge is 0.237 e. The van der Waals surface area contributed by atoms with Crippen LogP contribution in [0.15, 0.2) is 0 Å². The molecule has 0 aromatic rings. The van der Waals surface area contributed by atoms with Gasteiger partial charge < -0.3 is 5.32 Å². The fraction of sp³-hybridized carbons (Fsp3) is 0.833. The highest BCUT2D eigenvalue weighted by Crippen LogP contribution is 2.17. The Balaban J connectivity index is 2.35. The van der Waals surface area contributed by atoms with E-state index in [2.05, 4.69) is 32.8 Å². The van der Waals surface area contributed by atoms with Crippen LogP contribution < -0.4 is 5.32 Å². The molecule has 1 heterocycles. The van der Waals surface area contributed by atoms with Gasteiger partial charge in [0.05, 0.1) is 10.6 Å². The van der Waals surface area contributed by atoms with Crippen molar-refractivity contribution in [3.63, 3.8) is 0 Å². The summed E-state index contributed by atoms with van der Waals surface area (Å²) in [4.78, 5) is 13.2. The van der Waals surface area contributed by atoms with Gasteiger partial charge in [-0.15, -0.1) is 0 Å². The Hall–Kier alpha value is 0.160.